The zero-order valence-electron chi connectivity index (χ0n) is 8.14. The number of hydrogen-bond donors (Lipinski definition) is 1. The van der Waals surface area contributed by atoms with E-state index in [1.165, 1.54) is 16.2 Å². The van der Waals surface area contributed by atoms with Crippen molar-refractivity contribution in [3.63, 3.8) is 0 Å². The van der Waals surface area contributed by atoms with E-state index in [1.807, 2.05) is 12.4 Å². The average Bonchev–Trinajstić information content (AvgIpc) is 2.77. The predicted octanol–water partition coefficient (Wildman–Crippen LogP) is 2.22. The van der Waals surface area contributed by atoms with Crippen molar-refractivity contribution >= 4 is 39.6 Å². The van der Waals surface area contributed by atoms with Crippen molar-refractivity contribution in [2.45, 2.75) is 17.7 Å². The Balaban J connectivity index is 1.83. The van der Waals surface area contributed by atoms with Gasteiger partial charge in [-0.2, -0.15) is 0 Å². The van der Waals surface area contributed by atoms with Gasteiger partial charge in [0, 0.05) is 10.6 Å². The molecule has 15 heavy (non-hydrogen) atoms. The first-order valence-corrected chi connectivity index (χ1v) is 7.04. The highest BCUT2D eigenvalue weighted by Crippen LogP contribution is 2.25. The van der Waals surface area contributed by atoms with Gasteiger partial charge in [0.2, 0.25) is 5.13 Å². The largest absolute Gasteiger partial charge is 0.374 e. The van der Waals surface area contributed by atoms with E-state index in [0.29, 0.717) is 5.13 Å². The van der Waals surface area contributed by atoms with Gasteiger partial charge in [-0.25, -0.2) is 4.98 Å². The molecule has 0 radical (unpaired) electrons. The molecule has 0 saturated heterocycles. The molecule has 0 aliphatic carbocycles. The lowest BCUT2D eigenvalue weighted by molar-refractivity contribution is 1.01. The van der Waals surface area contributed by atoms with Crippen molar-refractivity contribution in [3.05, 3.63) is 16.1 Å². The van der Waals surface area contributed by atoms with Gasteiger partial charge in [-0.05, 0) is 13.3 Å². The molecule has 0 aliphatic heterocycles. The second kappa shape index (κ2) is 4.91. The third kappa shape index (κ3) is 2.90. The number of nitrogens with two attached hydrogens (primary N) is 1. The Morgan fingerprint density at radius 2 is 2.33 bits per heavy atom. The molecule has 4 nitrogen and oxygen atoms in total. The van der Waals surface area contributed by atoms with Gasteiger partial charge in [0.15, 0.2) is 4.34 Å². The van der Waals surface area contributed by atoms with E-state index in [2.05, 4.69) is 15.2 Å². The third-order valence-electron chi connectivity index (χ3n) is 1.82. The minimum Gasteiger partial charge on any atom is -0.374 e. The Kier molecular flexibility index (Phi) is 3.55. The number of aryl methyl sites for hydroxylation is 2. The van der Waals surface area contributed by atoms with Gasteiger partial charge >= 0.3 is 0 Å². The normalized spacial score (nSPS) is 10.7. The van der Waals surface area contributed by atoms with Gasteiger partial charge in [0.05, 0.1) is 11.2 Å². The molecule has 0 aromatic carbocycles. The Morgan fingerprint density at radius 3 is 2.93 bits per heavy atom. The van der Waals surface area contributed by atoms with Crippen molar-refractivity contribution in [1.82, 2.24) is 15.2 Å². The van der Waals surface area contributed by atoms with Crippen LogP contribution in [0.5, 0.6) is 0 Å². The van der Waals surface area contributed by atoms with Crippen LogP contribution in [0.1, 0.15) is 10.6 Å². The molecule has 2 N–H and O–H groups in total. The van der Waals surface area contributed by atoms with E-state index in [9.17, 15) is 0 Å². The van der Waals surface area contributed by atoms with Crippen LogP contribution in [-0.4, -0.2) is 20.9 Å². The van der Waals surface area contributed by atoms with Crippen LogP contribution in [-0.2, 0) is 6.42 Å². The molecule has 80 valence electrons. The zero-order chi connectivity index (χ0) is 10.7. The van der Waals surface area contributed by atoms with Crippen LogP contribution in [0.25, 0.3) is 0 Å². The van der Waals surface area contributed by atoms with Crippen LogP contribution in [0.15, 0.2) is 9.85 Å². The molecule has 2 rings (SSSR count). The standard InChI is InChI=1S/C8H10N4S3/c1-5-6(14-4-10-5)2-3-13-8-12-11-7(9)15-8/h4H,2-3H2,1H3,(H2,9,11). The van der Waals surface area contributed by atoms with E-state index in [0.717, 1.165) is 22.2 Å². The summed E-state index contributed by atoms with van der Waals surface area (Å²) in [5, 5.41) is 8.25. The van der Waals surface area contributed by atoms with Crippen molar-refractivity contribution in [2.75, 3.05) is 11.5 Å². The molecular formula is C8H10N4S3. The molecule has 0 unspecified atom stereocenters. The fourth-order valence-electron chi connectivity index (χ4n) is 1.08. The molecule has 2 heterocycles. The zero-order valence-corrected chi connectivity index (χ0v) is 10.6. The Labute approximate surface area is 100.0 Å². The summed E-state index contributed by atoms with van der Waals surface area (Å²) in [6.45, 7) is 2.04. The Hall–Kier alpha value is -0.660. The van der Waals surface area contributed by atoms with Crippen molar-refractivity contribution in [3.8, 4) is 0 Å². The maximum Gasteiger partial charge on any atom is 0.203 e. The van der Waals surface area contributed by atoms with E-state index < -0.39 is 0 Å². The molecular weight excluding hydrogens is 248 g/mol. The monoisotopic (exact) mass is 258 g/mol. The van der Waals surface area contributed by atoms with Crippen LogP contribution in [0.4, 0.5) is 5.13 Å². The number of nitrogen functional groups attached to an aromatic ring is 1. The summed E-state index contributed by atoms with van der Waals surface area (Å²) in [5.74, 6) is 0.998. The summed E-state index contributed by atoms with van der Waals surface area (Å²) in [5.41, 5.74) is 8.52. The molecule has 2 aromatic rings. The first-order chi connectivity index (χ1) is 7.25. The van der Waals surface area contributed by atoms with Crippen LogP contribution < -0.4 is 5.73 Å². The predicted molar refractivity (Wildman–Crippen MR) is 65.6 cm³/mol. The van der Waals surface area contributed by atoms with E-state index >= 15 is 0 Å². The molecule has 0 aliphatic rings. The lowest BCUT2D eigenvalue weighted by Crippen LogP contribution is -1.87. The molecule has 0 amide bonds. The first kappa shape index (κ1) is 10.8. The average molecular weight is 258 g/mol. The summed E-state index contributed by atoms with van der Waals surface area (Å²) in [4.78, 5) is 5.56. The Bertz CT molecular complexity index is 437. The lowest BCUT2D eigenvalue weighted by atomic mass is 10.3. The lowest BCUT2D eigenvalue weighted by Gasteiger charge is -1.96. The fraction of sp³-hybridized carbons (Fsp3) is 0.375. The van der Waals surface area contributed by atoms with Gasteiger partial charge in [-0.15, -0.1) is 21.5 Å². The number of rotatable bonds is 4. The van der Waals surface area contributed by atoms with E-state index in [-0.39, 0.29) is 0 Å². The first-order valence-electron chi connectivity index (χ1n) is 4.36. The number of thiazole rings is 1. The van der Waals surface area contributed by atoms with Crippen molar-refractivity contribution in [1.29, 1.82) is 0 Å². The summed E-state index contributed by atoms with van der Waals surface area (Å²) in [6.07, 6.45) is 1.03. The highest BCUT2D eigenvalue weighted by Gasteiger charge is 2.04. The van der Waals surface area contributed by atoms with Gasteiger partial charge < -0.3 is 5.73 Å². The smallest absolute Gasteiger partial charge is 0.203 e. The van der Waals surface area contributed by atoms with E-state index in [4.69, 9.17) is 5.73 Å². The topological polar surface area (TPSA) is 64.7 Å². The van der Waals surface area contributed by atoms with Crippen molar-refractivity contribution < 1.29 is 0 Å². The van der Waals surface area contributed by atoms with Gasteiger partial charge in [-0.1, -0.05) is 23.1 Å². The number of aromatic nitrogens is 3. The summed E-state index contributed by atoms with van der Waals surface area (Å²) >= 11 is 4.84. The number of thioether (sulfide) groups is 1. The number of nitrogens with zero attached hydrogens (tertiary/aromatic N) is 3. The van der Waals surface area contributed by atoms with Gasteiger partial charge in [0.1, 0.15) is 0 Å². The van der Waals surface area contributed by atoms with Crippen LogP contribution in [0.2, 0.25) is 0 Å². The minimum atomic E-state index is 0.534. The summed E-state index contributed by atoms with van der Waals surface area (Å²) < 4.78 is 0.940. The van der Waals surface area contributed by atoms with Crippen molar-refractivity contribution in [2.24, 2.45) is 0 Å². The highest BCUT2D eigenvalue weighted by molar-refractivity contribution is 8.01. The van der Waals surface area contributed by atoms with E-state index in [1.54, 1.807) is 23.1 Å². The molecule has 0 saturated carbocycles. The van der Waals surface area contributed by atoms with Crippen LogP contribution in [0.3, 0.4) is 0 Å². The maximum absolute atomic E-state index is 5.49. The Morgan fingerprint density at radius 1 is 1.47 bits per heavy atom. The molecule has 0 spiro atoms. The van der Waals surface area contributed by atoms with Crippen LogP contribution in [0, 0.1) is 6.92 Å². The summed E-state index contributed by atoms with van der Waals surface area (Å²) in [7, 11) is 0. The second-order valence-electron chi connectivity index (χ2n) is 2.87. The summed E-state index contributed by atoms with van der Waals surface area (Å²) in [6, 6.07) is 0. The maximum atomic E-state index is 5.49. The number of hydrogen-bond acceptors (Lipinski definition) is 7. The molecule has 0 fully saturated rings. The minimum absolute atomic E-state index is 0.534. The van der Waals surface area contributed by atoms with Gasteiger partial charge in [-0.3, -0.25) is 0 Å². The molecule has 0 atom stereocenters. The van der Waals surface area contributed by atoms with Gasteiger partial charge in [0.25, 0.3) is 0 Å². The molecule has 7 heteroatoms. The highest BCUT2D eigenvalue weighted by atomic mass is 32.2. The SMILES string of the molecule is Cc1ncsc1CCSc1nnc(N)s1. The fourth-order valence-corrected chi connectivity index (χ4v) is 3.65. The molecule has 0 bridgehead atoms. The quantitative estimate of drug-likeness (QED) is 0.852. The van der Waals surface area contributed by atoms with Crippen LogP contribution >= 0.6 is 34.4 Å². The number of anilines is 1. The third-order valence-corrected chi connectivity index (χ3v) is 4.70. The second-order valence-corrected chi connectivity index (χ2v) is 6.16. The molecule has 2 aromatic heterocycles.